The quantitative estimate of drug-likeness (QED) is 0.245. The van der Waals surface area contributed by atoms with E-state index in [1.807, 2.05) is 13.0 Å². The van der Waals surface area contributed by atoms with Gasteiger partial charge < -0.3 is 9.47 Å². The summed E-state index contributed by atoms with van der Waals surface area (Å²) in [6.45, 7) is 11.2. The van der Waals surface area contributed by atoms with Crippen LogP contribution in [0.1, 0.15) is 83.6 Å². The van der Waals surface area contributed by atoms with Gasteiger partial charge in [0.25, 0.3) is 0 Å². The average molecular weight is 627 g/mol. The van der Waals surface area contributed by atoms with Crippen molar-refractivity contribution in [3.8, 4) is 11.8 Å². The molecule has 3 fully saturated rings. The molecule has 0 bridgehead atoms. The van der Waals surface area contributed by atoms with Crippen molar-refractivity contribution in [2.75, 3.05) is 32.8 Å². The van der Waals surface area contributed by atoms with Crippen LogP contribution in [0.2, 0.25) is 0 Å². The molecule has 45 heavy (non-hydrogen) atoms. The summed E-state index contributed by atoms with van der Waals surface area (Å²) < 4.78 is 31.1. The highest BCUT2D eigenvalue weighted by atomic mass is 32.2. The number of likely N-dealkylation sites (tertiary alicyclic amines) is 1. The van der Waals surface area contributed by atoms with E-state index in [1.54, 1.807) is 0 Å². The normalized spacial score (nSPS) is 21.2. The second-order valence-corrected chi connectivity index (χ2v) is 15.0. The van der Waals surface area contributed by atoms with Crippen molar-refractivity contribution in [2.45, 2.75) is 88.7 Å². The van der Waals surface area contributed by atoms with Gasteiger partial charge in [0.1, 0.15) is 33.9 Å². The number of ether oxygens (including phenoxy) is 2. The lowest BCUT2D eigenvalue weighted by Crippen LogP contribution is -2.35. The van der Waals surface area contributed by atoms with Gasteiger partial charge in [-0.25, -0.2) is 8.51 Å². The highest BCUT2D eigenvalue weighted by Gasteiger charge is 2.51. The SMILES string of the molecule is Cc1ccc(Cc2ccn3c(C4CC4)nnc3c2C)cc1CN1CC2(CC2)Oc2nc(OCCN3CCCC3)c(C)cc2S1=O. The van der Waals surface area contributed by atoms with E-state index >= 15 is 0 Å². The molecule has 1 unspecified atom stereocenters. The smallest absolute Gasteiger partial charge is 0.235 e. The van der Waals surface area contributed by atoms with Gasteiger partial charge in [-0.1, -0.05) is 18.2 Å². The number of aryl methyl sites for hydroxylation is 3. The fourth-order valence-electron chi connectivity index (χ4n) is 6.81. The van der Waals surface area contributed by atoms with Gasteiger partial charge in [0.05, 0.1) is 6.54 Å². The molecule has 0 N–H and O–H groups in total. The minimum Gasteiger partial charge on any atom is -0.476 e. The van der Waals surface area contributed by atoms with Crippen LogP contribution in [0.25, 0.3) is 5.65 Å². The van der Waals surface area contributed by atoms with Crippen molar-refractivity contribution < 1.29 is 13.7 Å². The highest BCUT2D eigenvalue weighted by Crippen LogP contribution is 2.46. The first-order valence-corrected chi connectivity index (χ1v) is 17.6. The topological polar surface area (TPSA) is 85.1 Å². The van der Waals surface area contributed by atoms with Crippen LogP contribution in [0.5, 0.6) is 11.8 Å². The Hall–Kier alpha value is -3.34. The summed E-state index contributed by atoms with van der Waals surface area (Å²) in [4.78, 5) is 7.86. The Kier molecular flexibility index (Phi) is 7.42. The molecular weight excluding hydrogens is 584 g/mol. The Balaban J connectivity index is 1.02. The molecule has 0 radical (unpaired) electrons. The molecule has 2 aliphatic carbocycles. The molecule has 1 spiro atoms. The first kappa shape index (κ1) is 29.1. The zero-order chi connectivity index (χ0) is 30.7. The first-order chi connectivity index (χ1) is 21.9. The fraction of sp³-hybridized carbons (Fsp3) is 0.514. The Morgan fingerprint density at radius 1 is 1.02 bits per heavy atom. The van der Waals surface area contributed by atoms with Gasteiger partial charge >= 0.3 is 0 Å². The molecule has 236 valence electrons. The van der Waals surface area contributed by atoms with E-state index in [1.165, 1.54) is 53.5 Å². The summed E-state index contributed by atoms with van der Waals surface area (Å²) in [5.41, 5.74) is 7.55. The highest BCUT2D eigenvalue weighted by molar-refractivity contribution is 7.82. The van der Waals surface area contributed by atoms with Gasteiger partial charge in [-0.2, -0.15) is 4.98 Å². The summed E-state index contributed by atoms with van der Waals surface area (Å²) >= 11 is 0. The number of aromatic nitrogens is 4. The minimum absolute atomic E-state index is 0.342. The second-order valence-electron chi connectivity index (χ2n) is 13.6. The molecule has 1 atom stereocenters. The van der Waals surface area contributed by atoms with Crippen molar-refractivity contribution in [3.63, 3.8) is 0 Å². The van der Waals surface area contributed by atoms with E-state index < -0.39 is 11.0 Å². The van der Waals surface area contributed by atoms with Crippen LogP contribution in [-0.2, 0) is 24.0 Å². The maximum absolute atomic E-state index is 14.2. The monoisotopic (exact) mass is 626 g/mol. The molecule has 1 aromatic carbocycles. The number of fused-ring (bicyclic) bond motifs is 2. The Morgan fingerprint density at radius 2 is 1.84 bits per heavy atom. The molecule has 9 nitrogen and oxygen atoms in total. The zero-order valence-corrected chi connectivity index (χ0v) is 27.4. The largest absolute Gasteiger partial charge is 0.476 e. The van der Waals surface area contributed by atoms with Gasteiger partial charge in [-0.05, 0) is 119 Å². The third kappa shape index (κ3) is 5.77. The summed E-state index contributed by atoms with van der Waals surface area (Å²) in [5.74, 6) is 2.69. The summed E-state index contributed by atoms with van der Waals surface area (Å²) in [6, 6.07) is 10.9. The molecule has 0 amide bonds. The molecule has 3 aromatic heterocycles. The second kappa shape index (κ2) is 11.5. The fourth-order valence-corrected chi connectivity index (χ4v) is 8.22. The lowest BCUT2D eigenvalue weighted by atomic mass is 9.98. The summed E-state index contributed by atoms with van der Waals surface area (Å²) in [7, 11) is -1.41. The average Bonchev–Trinajstić information content (AvgIpc) is 3.92. The number of hydrogen-bond donors (Lipinski definition) is 0. The number of benzene rings is 1. The van der Waals surface area contributed by atoms with Gasteiger partial charge in [0.15, 0.2) is 5.65 Å². The summed E-state index contributed by atoms with van der Waals surface area (Å²) in [6.07, 6.45) is 9.76. The van der Waals surface area contributed by atoms with Crippen LogP contribution in [0, 0.1) is 20.8 Å². The van der Waals surface area contributed by atoms with Crippen molar-refractivity contribution in [3.05, 3.63) is 75.7 Å². The molecule has 8 rings (SSSR count). The number of pyridine rings is 2. The standard InChI is InChI=1S/C35H42N6O3S/c1-23-6-7-26(19-28-10-15-41-31(25(28)3)37-38-32(41)27-8-9-27)20-29(23)21-40-22-35(11-12-35)44-34-30(45(40)42)18-24(2)33(36-34)43-17-16-39-13-4-5-14-39/h6-7,10,15,18,20,27H,4-5,8-9,11-14,16-17,19,21-22H2,1-3H3. The van der Waals surface area contributed by atoms with Crippen LogP contribution in [0.4, 0.5) is 0 Å². The van der Waals surface area contributed by atoms with E-state index in [4.69, 9.17) is 14.5 Å². The third-order valence-corrected chi connectivity index (χ3v) is 11.4. The van der Waals surface area contributed by atoms with E-state index in [0.29, 0.717) is 42.3 Å². The van der Waals surface area contributed by atoms with Crippen LogP contribution in [-0.4, -0.2) is 71.4 Å². The van der Waals surface area contributed by atoms with Crippen molar-refractivity contribution >= 4 is 16.6 Å². The minimum atomic E-state index is -1.41. The first-order valence-electron chi connectivity index (χ1n) is 16.5. The molecule has 4 aromatic rings. The number of hydrogen-bond acceptors (Lipinski definition) is 7. The predicted molar refractivity (Wildman–Crippen MR) is 173 cm³/mol. The predicted octanol–water partition coefficient (Wildman–Crippen LogP) is 5.44. The molecule has 4 aliphatic rings. The molecule has 2 aliphatic heterocycles. The van der Waals surface area contributed by atoms with Crippen LogP contribution >= 0.6 is 0 Å². The van der Waals surface area contributed by atoms with Crippen molar-refractivity contribution in [1.82, 2.24) is 28.8 Å². The van der Waals surface area contributed by atoms with Crippen LogP contribution in [0.3, 0.4) is 0 Å². The van der Waals surface area contributed by atoms with Gasteiger partial charge in [0, 0.05) is 30.8 Å². The van der Waals surface area contributed by atoms with Crippen molar-refractivity contribution in [2.24, 2.45) is 0 Å². The summed E-state index contributed by atoms with van der Waals surface area (Å²) in [5, 5.41) is 9.03. The number of rotatable bonds is 9. The van der Waals surface area contributed by atoms with E-state index in [9.17, 15) is 4.21 Å². The lowest BCUT2D eigenvalue weighted by Gasteiger charge is -2.23. The van der Waals surface area contributed by atoms with Crippen LogP contribution < -0.4 is 9.47 Å². The Labute approximate surface area is 267 Å². The molecule has 1 saturated heterocycles. The molecular formula is C35H42N6O3S. The van der Waals surface area contributed by atoms with E-state index in [2.05, 4.69) is 68.1 Å². The Bertz CT molecular complexity index is 1790. The molecule has 5 heterocycles. The maximum Gasteiger partial charge on any atom is 0.235 e. The maximum atomic E-state index is 14.2. The lowest BCUT2D eigenvalue weighted by molar-refractivity contribution is 0.142. The number of nitrogens with zero attached hydrogens (tertiary/aromatic N) is 6. The van der Waals surface area contributed by atoms with Gasteiger partial charge in [-0.3, -0.25) is 9.30 Å². The Morgan fingerprint density at radius 3 is 2.62 bits per heavy atom. The van der Waals surface area contributed by atoms with Gasteiger partial charge in [-0.15, -0.1) is 10.2 Å². The van der Waals surface area contributed by atoms with Crippen molar-refractivity contribution in [1.29, 1.82) is 0 Å². The van der Waals surface area contributed by atoms with Gasteiger partial charge in [0.2, 0.25) is 11.8 Å². The molecule has 2 saturated carbocycles. The van der Waals surface area contributed by atoms with Crippen LogP contribution in [0.15, 0.2) is 41.4 Å². The zero-order valence-electron chi connectivity index (χ0n) is 26.6. The van der Waals surface area contributed by atoms with E-state index in [-0.39, 0.29) is 5.60 Å². The third-order valence-electron chi connectivity index (χ3n) is 10.0. The molecule has 10 heteroatoms. The van der Waals surface area contributed by atoms with E-state index in [0.717, 1.165) is 55.9 Å².